The predicted octanol–water partition coefficient (Wildman–Crippen LogP) is 3.45. The van der Waals surface area contributed by atoms with Gasteiger partial charge < -0.3 is 5.32 Å². The molecular weight excluding hydrogens is 248 g/mol. The molecule has 1 atom stereocenters. The molecule has 0 saturated carbocycles. The van der Waals surface area contributed by atoms with Crippen molar-refractivity contribution in [2.45, 2.75) is 52.0 Å². The van der Waals surface area contributed by atoms with Crippen LogP contribution in [0.2, 0.25) is 0 Å². The van der Waals surface area contributed by atoms with Gasteiger partial charge in [0.2, 0.25) is 5.91 Å². The molecule has 1 N–H and O–H groups in total. The molecule has 3 heteroatoms. The van der Waals surface area contributed by atoms with Gasteiger partial charge >= 0.3 is 0 Å². The number of carbonyl (C=O) groups is 1. The Balaban J connectivity index is 2.76. The number of nitrogens with one attached hydrogen (secondary N) is 1. The van der Waals surface area contributed by atoms with Crippen LogP contribution in [-0.4, -0.2) is 11.4 Å². The van der Waals surface area contributed by atoms with Crippen LogP contribution in [0, 0.1) is 17.2 Å². The fraction of sp³-hybridized carbons (Fsp3) is 0.529. The van der Waals surface area contributed by atoms with Gasteiger partial charge in [0, 0.05) is 5.54 Å². The summed E-state index contributed by atoms with van der Waals surface area (Å²) in [6.07, 6.45) is 3.12. The fourth-order valence-electron chi connectivity index (χ4n) is 2.41. The van der Waals surface area contributed by atoms with E-state index in [-0.39, 0.29) is 11.4 Å². The van der Waals surface area contributed by atoms with E-state index < -0.39 is 5.92 Å². The first kappa shape index (κ1) is 16.2. The van der Waals surface area contributed by atoms with E-state index in [1.807, 2.05) is 30.3 Å². The topological polar surface area (TPSA) is 52.9 Å². The SMILES string of the molecule is CCC(CC)(CC)NC(=O)C(C#N)Cc1ccccc1. The van der Waals surface area contributed by atoms with Crippen molar-refractivity contribution in [1.29, 1.82) is 5.26 Å². The van der Waals surface area contributed by atoms with Crippen LogP contribution in [0.15, 0.2) is 30.3 Å². The third kappa shape index (κ3) is 4.09. The van der Waals surface area contributed by atoms with Crippen LogP contribution in [0.5, 0.6) is 0 Å². The van der Waals surface area contributed by atoms with Crippen LogP contribution in [0.25, 0.3) is 0 Å². The molecule has 0 heterocycles. The first-order valence-corrected chi connectivity index (χ1v) is 7.36. The van der Waals surface area contributed by atoms with E-state index in [9.17, 15) is 10.1 Å². The number of carbonyl (C=O) groups excluding carboxylic acids is 1. The Hall–Kier alpha value is -1.82. The predicted molar refractivity (Wildman–Crippen MR) is 81.0 cm³/mol. The highest BCUT2D eigenvalue weighted by molar-refractivity contribution is 5.82. The number of nitrogens with zero attached hydrogens (tertiary/aromatic N) is 1. The summed E-state index contributed by atoms with van der Waals surface area (Å²) in [6.45, 7) is 6.23. The van der Waals surface area contributed by atoms with Gasteiger partial charge in [-0.15, -0.1) is 0 Å². The molecule has 1 aromatic carbocycles. The summed E-state index contributed by atoms with van der Waals surface area (Å²) in [7, 11) is 0. The molecule has 0 fully saturated rings. The zero-order valence-corrected chi connectivity index (χ0v) is 12.6. The average Bonchev–Trinajstić information content (AvgIpc) is 2.51. The van der Waals surface area contributed by atoms with Crippen molar-refractivity contribution >= 4 is 5.91 Å². The van der Waals surface area contributed by atoms with Gasteiger partial charge in [0.05, 0.1) is 6.07 Å². The first-order valence-electron chi connectivity index (χ1n) is 7.36. The number of benzene rings is 1. The Labute approximate surface area is 122 Å². The van der Waals surface area contributed by atoms with Gasteiger partial charge in [-0.1, -0.05) is 51.1 Å². The summed E-state index contributed by atoms with van der Waals surface area (Å²) in [5.74, 6) is -0.775. The van der Waals surface area contributed by atoms with Crippen molar-refractivity contribution in [2.75, 3.05) is 0 Å². The lowest BCUT2D eigenvalue weighted by molar-refractivity contribution is -0.125. The zero-order chi connectivity index (χ0) is 15.0. The molecule has 0 aromatic heterocycles. The maximum Gasteiger partial charge on any atom is 0.238 e. The molecule has 0 saturated heterocycles. The van der Waals surface area contributed by atoms with Gasteiger partial charge in [-0.3, -0.25) is 4.79 Å². The number of rotatable bonds is 7. The molecule has 20 heavy (non-hydrogen) atoms. The Kier molecular flexibility index (Phi) is 6.24. The third-order valence-electron chi connectivity index (χ3n) is 4.17. The minimum absolute atomic E-state index is 0.151. The van der Waals surface area contributed by atoms with Crippen LogP contribution in [0.1, 0.15) is 45.6 Å². The van der Waals surface area contributed by atoms with Crippen LogP contribution in [-0.2, 0) is 11.2 Å². The summed E-state index contributed by atoms with van der Waals surface area (Å²) in [6, 6.07) is 11.8. The molecule has 0 aliphatic carbocycles. The normalized spacial score (nSPS) is 12.5. The van der Waals surface area contributed by atoms with Crippen molar-refractivity contribution in [3.63, 3.8) is 0 Å². The summed E-state index contributed by atoms with van der Waals surface area (Å²) < 4.78 is 0. The van der Waals surface area contributed by atoms with Crippen molar-refractivity contribution < 1.29 is 4.79 Å². The Morgan fingerprint density at radius 3 is 2.20 bits per heavy atom. The lowest BCUT2D eigenvalue weighted by Crippen LogP contribution is -2.49. The van der Waals surface area contributed by atoms with E-state index >= 15 is 0 Å². The van der Waals surface area contributed by atoms with Gasteiger partial charge in [-0.2, -0.15) is 5.26 Å². The second kappa shape index (κ2) is 7.69. The maximum absolute atomic E-state index is 12.3. The highest BCUT2D eigenvalue weighted by Gasteiger charge is 2.29. The Morgan fingerprint density at radius 1 is 1.20 bits per heavy atom. The van der Waals surface area contributed by atoms with Crippen molar-refractivity contribution in [2.24, 2.45) is 5.92 Å². The van der Waals surface area contributed by atoms with E-state index in [1.54, 1.807) is 0 Å². The molecule has 3 nitrogen and oxygen atoms in total. The van der Waals surface area contributed by atoms with Gasteiger partial charge in [0.1, 0.15) is 5.92 Å². The van der Waals surface area contributed by atoms with Crippen LogP contribution >= 0.6 is 0 Å². The smallest absolute Gasteiger partial charge is 0.238 e. The second-order valence-electron chi connectivity index (χ2n) is 5.20. The molecule has 108 valence electrons. The largest absolute Gasteiger partial charge is 0.350 e. The van der Waals surface area contributed by atoms with E-state index in [0.29, 0.717) is 6.42 Å². The van der Waals surface area contributed by atoms with Gasteiger partial charge in [0.25, 0.3) is 0 Å². The van der Waals surface area contributed by atoms with E-state index in [4.69, 9.17) is 0 Å². The molecule has 0 radical (unpaired) electrons. The van der Waals surface area contributed by atoms with Gasteiger partial charge in [-0.05, 0) is 31.2 Å². The molecule has 1 rings (SSSR count). The zero-order valence-electron chi connectivity index (χ0n) is 12.6. The number of hydrogen-bond acceptors (Lipinski definition) is 2. The number of hydrogen-bond donors (Lipinski definition) is 1. The molecule has 0 aliphatic heterocycles. The van der Waals surface area contributed by atoms with Gasteiger partial charge in [0.15, 0.2) is 0 Å². The summed E-state index contributed by atoms with van der Waals surface area (Å²) in [4.78, 5) is 12.3. The van der Waals surface area contributed by atoms with Crippen LogP contribution in [0.4, 0.5) is 0 Å². The van der Waals surface area contributed by atoms with Crippen molar-refractivity contribution in [3.05, 3.63) is 35.9 Å². The van der Waals surface area contributed by atoms with E-state index in [2.05, 4.69) is 32.2 Å². The Bertz CT molecular complexity index is 449. The highest BCUT2D eigenvalue weighted by Crippen LogP contribution is 2.20. The van der Waals surface area contributed by atoms with Crippen LogP contribution in [0.3, 0.4) is 0 Å². The average molecular weight is 272 g/mol. The quantitative estimate of drug-likeness (QED) is 0.826. The van der Waals surface area contributed by atoms with Crippen molar-refractivity contribution in [1.82, 2.24) is 5.32 Å². The molecule has 1 amide bonds. The van der Waals surface area contributed by atoms with Crippen molar-refractivity contribution in [3.8, 4) is 6.07 Å². The number of amides is 1. The monoisotopic (exact) mass is 272 g/mol. The minimum atomic E-state index is -0.624. The standard InChI is InChI=1S/C17H24N2O/c1-4-17(5-2,6-3)19-16(20)15(13-18)12-14-10-8-7-9-11-14/h7-11,15H,4-6,12H2,1-3H3,(H,19,20). The first-order chi connectivity index (χ1) is 9.60. The highest BCUT2D eigenvalue weighted by atomic mass is 16.2. The summed E-state index contributed by atoms with van der Waals surface area (Å²) in [5.41, 5.74) is 0.840. The lowest BCUT2D eigenvalue weighted by Gasteiger charge is -2.32. The number of nitriles is 1. The fourth-order valence-corrected chi connectivity index (χ4v) is 2.41. The maximum atomic E-state index is 12.3. The Morgan fingerprint density at radius 2 is 1.75 bits per heavy atom. The van der Waals surface area contributed by atoms with E-state index in [1.165, 1.54) is 0 Å². The molecule has 0 spiro atoms. The molecule has 1 aromatic rings. The second-order valence-corrected chi connectivity index (χ2v) is 5.20. The van der Waals surface area contributed by atoms with Gasteiger partial charge in [-0.25, -0.2) is 0 Å². The third-order valence-corrected chi connectivity index (χ3v) is 4.17. The summed E-state index contributed by atoms with van der Waals surface area (Å²) >= 11 is 0. The lowest BCUT2D eigenvalue weighted by atomic mass is 9.88. The molecule has 1 unspecified atom stereocenters. The molecule has 0 bridgehead atoms. The van der Waals surface area contributed by atoms with E-state index in [0.717, 1.165) is 24.8 Å². The summed E-state index contributed by atoms with van der Waals surface area (Å²) in [5, 5.41) is 12.4. The minimum Gasteiger partial charge on any atom is -0.350 e. The van der Waals surface area contributed by atoms with Crippen LogP contribution < -0.4 is 5.32 Å². The molecular formula is C17H24N2O. The molecule has 0 aliphatic rings.